The number of hydrogen-bond donors (Lipinski definition) is 2. The number of alkyl halides is 1. The molecular weight excluding hydrogens is 469 g/mol. The fraction of sp³-hybridized carbons (Fsp3) is 0.400. The molecule has 3 unspecified atom stereocenters. The summed E-state index contributed by atoms with van der Waals surface area (Å²) in [5, 5.41) is 9.14. The van der Waals surface area contributed by atoms with Crippen molar-refractivity contribution in [2.45, 2.75) is 43.7 Å². The van der Waals surface area contributed by atoms with Crippen molar-refractivity contribution in [1.29, 1.82) is 0 Å². The molecule has 2 aromatic heterocycles. The van der Waals surface area contributed by atoms with Crippen LogP contribution in [0.25, 0.3) is 16.8 Å². The van der Waals surface area contributed by atoms with Crippen molar-refractivity contribution in [1.82, 2.24) is 25.0 Å². The Kier molecular flexibility index (Phi) is 6.32. The molecule has 1 saturated heterocycles. The highest BCUT2D eigenvalue weighted by Crippen LogP contribution is 2.34. The lowest BCUT2D eigenvalue weighted by Crippen LogP contribution is -2.52. The molecule has 5 rings (SSSR count). The van der Waals surface area contributed by atoms with E-state index in [1.807, 2.05) is 24.2 Å². The van der Waals surface area contributed by atoms with Crippen LogP contribution in [0.15, 0.2) is 43.0 Å². The first kappa shape index (κ1) is 23.8. The van der Waals surface area contributed by atoms with Gasteiger partial charge in [0.05, 0.1) is 41.6 Å². The van der Waals surface area contributed by atoms with Gasteiger partial charge in [0.2, 0.25) is 0 Å². The Morgan fingerprint density at radius 1 is 1.20 bits per heavy atom. The lowest BCUT2D eigenvalue weighted by Gasteiger charge is -2.40. The highest BCUT2D eigenvalue weighted by Gasteiger charge is 2.39. The summed E-state index contributed by atoms with van der Waals surface area (Å²) in [4.78, 5) is 18.8. The van der Waals surface area contributed by atoms with Crippen molar-refractivity contribution in [3.8, 4) is 16.8 Å². The van der Waals surface area contributed by atoms with Crippen LogP contribution in [-0.2, 0) is 0 Å². The van der Waals surface area contributed by atoms with Gasteiger partial charge in [0, 0.05) is 30.9 Å². The van der Waals surface area contributed by atoms with E-state index in [1.165, 1.54) is 6.07 Å². The third kappa shape index (κ3) is 5.21. The second-order valence-corrected chi connectivity index (χ2v) is 10.6. The van der Waals surface area contributed by atoms with Crippen LogP contribution >= 0.6 is 9.24 Å². The number of anilines is 1. The number of nitrogens with zero attached hydrogens (tertiary/aromatic N) is 4. The number of carbonyl (C=O) groups is 1. The summed E-state index contributed by atoms with van der Waals surface area (Å²) < 4.78 is 31.3. The average Bonchev–Trinajstić information content (AvgIpc) is 3.47. The van der Waals surface area contributed by atoms with E-state index >= 15 is 4.39 Å². The number of nitrogens with one attached hydrogen (secondary N) is 2. The van der Waals surface area contributed by atoms with Gasteiger partial charge in [-0.05, 0) is 62.6 Å². The van der Waals surface area contributed by atoms with Crippen molar-refractivity contribution in [3.05, 3.63) is 59.9 Å². The van der Waals surface area contributed by atoms with Crippen LogP contribution in [0.2, 0.25) is 0 Å². The molecule has 3 atom stereocenters. The summed E-state index contributed by atoms with van der Waals surface area (Å²) in [5.41, 5.74) is 3.63. The molecule has 2 fully saturated rings. The lowest BCUT2D eigenvalue weighted by molar-refractivity contribution is 0.0947. The van der Waals surface area contributed by atoms with Gasteiger partial charge in [-0.15, -0.1) is 0 Å². The minimum Gasteiger partial charge on any atom is -0.377 e. The summed E-state index contributed by atoms with van der Waals surface area (Å²) in [6.45, 7) is 2.95. The van der Waals surface area contributed by atoms with Gasteiger partial charge in [-0.1, -0.05) is 9.24 Å². The van der Waals surface area contributed by atoms with E-state index in [2.05, 4.69) is 30.0 Å². The molecule has 3 aromatic rings. The minimum atomic E-state index is -1.44. The third-order valence-corrected chi connectivity index (χ3v) is 7.17. The van der Waals surface area contributed by atoms with Crippen LogP contribution in [0.3, 0.4) is 0 Å². The molecule has 35 heavy (non-hydrogen) atoms. The number of aromatic nitrogens is 3. The standard InChI is InChI=1S/C25H29F2N6OP/c1-15-7-22(26)21(24(34)31-17-3-4-17)9-20(15)16-10-29-33(13-16)19-8-18(11-28-12-19)30-23-5-6-32(2)14-25(23,27)35/h7-13,17,23,30H,3-6,14,35H2,1-2H3,(H,31,34). The number of amides is 1. The summed E-state index contributed by atoms with van der Waals surface area (Å²) in [6.07, 6.45) is 9.37. The molecular formula is C25H29F2N6OP. The molecule has 0 spiro atoms. The van der Waals surface area contributed by atoms with Crippen LogP contribution in [0.4, 0.5) is 14.5 Å². The van der Waals surface area contributed by atoms with E-state index in [0.29, 0.717) is 29.9 Å². The lowest BCUT2D eigenvalue weighted by atomic mass is 9.99. The maximum absolute atomic E-state index is 15.1. The summed E-state index contributed by atoms with van der Waals surface area (Å²) in [6, 6.07) is 4.63. The zero-order valence-corrected chi connectivity index (χ0v) is 20.9. The number of halogens is 2. The number of hydrogen-bond acceptors (Lipinski definition) is 5. The molecule has 1 saturated carbocycles. The number of benzene rings is 1. The molecule has 1 amide bonds. The Morgan fingerprint density at radius 3 is 2.74 bits per heavy atom. The molecule has 7 nitrogen and oxygen atoms in total. The van der Waals surface area contributed by atoms with Crippen molar-refractivity contribution in [2.24, 2.45) is 0 Å². The molecule has 3 heterocycles. The first-order valence-electron chi connectivity index (χ1n) is 11.7. The SMILES string of the molecule is Cc1cc(F)c(C(=O)NC2CC2)cc1-c1cnn(-c2cncc(NC3CCN(C)CC3(F)P)c2)c1. The number of carbonyl (C=O) groups excluding carboxylic acids is 1. The molecule has 1 aliphatic carbocycles. The van der Waals surface area contributed by atoms with Crippen LogP contribution in [-0.4, -0.2) is 63.2 Å². The molecule has 184 valence electrons. The molecule has 2 N–H and O–H groups in total. The summed E-state index contributed by atoms with van der Waals surface area (Å²) in [5.74, 6) is -0.930. The topological polar surface area (TPSA) is 75.1 Å². The number of rotatable bonds is 6. The molecule has 0 bridgehead atoms. The van der Waals surface area contributed by atoms with E-state index in [9.17, 15) is 9.18 Å². The van der Waals surface area contributed by atoms with Crippen molar-refractivity contribution >= 4 is 20.8 Å². The Hall–Kier alpha value is -2.90. The number of pyridine rings is 1. The van der Waals surface area contributed by atoms with Gasteiger partial charge >= 0.3 is 0 Å². The largest absolute Gasteiger partial charge is 0.377 e. The Morgan fingerprint density at radius 2 is 2.00 bits per heavy atom. The maximum Gasteiger partial charge on any atom is 0.254 e. The number of piperidine rings is 1. The Labute approximate surface area is 205 Å². The van der Waals surface area contributed by atoms with Crippen molar-refractivity contribution < 1.29 is 13.6 Å². The molecule has 1 aliphatic heterocycles. The number of aryl methyl sites for hydroxylation is 1. The predicted molar refractivity (Wildman–Crippen MR) is 135 cm³/mol. The van der Waals surface area contributed by atoms with Gasteiger partial charge in [-0.3, -0.25) is 9.78 Å². The van der Waals surface area contributed by atoms with Gasteiger partial charge in [0.1, 0.15) is 5.82 Å². The highest BCUT2D eigenvalue weighted by atomic mass is 31.0. The van der Waals surface area contributed by atoms with Crippen LogP contribution < -0.4 is 10.6 Å². The average molecular weight is 499 g/mol. The monoisotopic (exact) mass is 498 g/mol. The molecule has 2 aliphatic rings. The quantitative estimate of drug-likeness (QED) is 0.504. The first-order valence-corrected chi connectivity index (χ1v) is 12.3. The fourth-order valence-corrected chi connectivity index (χ4v) is 5.03. The molecule has 1 aromatic carbocycles. The van der Waals surface area contributed by atoms with Gasteiger partial charge in [0.25, 0.3) is 5.91 Å². The highest BCUT2D eigenvalue weighted by molar-refractivity contribution is 7.18. The fourth-order valence-electron chi connectivity index (χ4n) is 4.47. The predicted octanol–water partition coefficient (Wildman–Crippen LogP) is 3.93. The van der Waals surface area contributed by atoms with Crippen molar-refractivity contribution in [3.63, 3.8) is 0 Å². The molecule has 10 heteroatoms. The van der Waals surface area contributed by atoms with E-state index in [-0.39, 0.29) is 17.6 Å². The van der Waals surface area contributed by atoms with Gasteiger partial charge in [-0.2, -0.15) is 5.10 Å². The second-order valence-electron chi connectivity index (χ2n) is 9.65. The zero-order chi connectivity index (χ0) is 24.7. The smallest absolute Gasteiger partial charge is 0.254 e. The van der Waals surface area contributed by atoms with Gasteiger partial charge in [-0.25, -0.2) is 13.5 Å². The normalized spacial score (nSPS) is 22.7. The van der Waals surface area contributed by atoms with Crippen molar-refractivity contribution in [2.75, 3.05) is 25.5 Å². The van der Waals surface area contributed by atoms with E-state index in [1.54, 1.807) is 36.3 Å². The van der Waals surface area contributed by atoms with Gasteiger partial charge < -0.3 is 15.5 Å². The van der Waals surface area contributed by atoms with E-state index < -0.39 is 17.1 Å². The maximum atomic E-state index is 15.1. The van der Waals surface area contributed by atoms with Crippen LogP contribution in [0, 0.1) is 12.7 Å². The van der Waals surface area contributed by atoms with E-state index in [0.717, 1.165) is 30.5 Å². The van der Waals surface area contributed by atoms with Gasteiger partial charge in [0.15, 0.2) is 5.41 Å². The Balaban J connectivity index is 1.38. The summed E-state index contributed by atoms with van der Waals surface area (Å²) in [7, 11) is 4.25. The minimum absolute atomic E-state index is 0.0309. The molecule has 0 radical (unpaired) electrons. The first-order chi connectivity index (χ1) is 16.7. The number of likely N-dealkylation sites (tertiary alicyclic amines) is 1. The summed E-state index contributed by atoms with van der Waals surface area (Å²) >= 11 is 0. The van der Waals surface area contributed by atoms with Crippen LogP contribution in [0.5, 0.6) is 0 Å². The van der Waals surface area contributed by atoms with Crippen LogP contribution in [0.1, 0.15) is 35.2 Å². The Bertz CT molecular complexity index is 1260. The van der Waals surface area contributed by atoms with E-state index in [4.69, 9.17) is 0 Å². The third-order valence-electron chi connectivity index (χ3n) is 6.59. The zero-order valence-electron chi connectivity index (χ0n) is 19.8. The second kappa shape index (κ2) is 9.28.